The van der Waals surface area contributed by atoms with E-state index in [1.807, 2.05) is 32.9 Å². The van der Waals surface area contributed by atoms with E-state index in [0.29, 0.717) is 25.7 Å². The monoisotopic (exact) mass is 369 g/mol. The fourth-order valence-electron chi connectivity index (χ4n) is 3.78. The number of benzene rings is 1. The zero-order valence-electron chi connectivity index (χ0n) is 17.6. The predicted octanol–water partition coefficient (Wildman–Crippen LogP) is 2.57. The van der Waals surface area contributed by atoms with Crippen molar-refractivity contribution in [2.75, 3.05) is 7.11 Å². The van der Waals surface area contributed by atoms with Gasteiger partial charge >= 0.3 is 5.97 Å². The van der Waals surface area contributed by atoms with Crippen LogP contribution < -0.4 is 0 Å². The Kier molecular flexibility index (Phi) is 8.96. The summed E-state index contributed by atoms with van der Waals surface area (Å²) in [6.07, 6.45) is 2.33. The first-order chi connectivity index (χ1) is 12.9. The number of carbonyl (C=O) groups excluding carboxylic acids is 1. The second-order valence-electron chi connectivity index (χ2n) is 8.71. The van der Waals surface area contributed by atoms with Crippen LogP contribution in [0.25, 0.3) is 0 Å². The van der Waals surface area contributed by atoms with E-state index < -0.39 is 22.4 Å². The zero-order valence-corrected chi connectivity index (χ0v) is 17.6. The lowest BCUT2D eigenvalue weighted by Crippen LogP contribution is -2.39. The Bertz CT molecular complexity index is 637. The van der Waals surface area contributed by atoms with Crippen LogP contribution in [0.1, 0.15) is 52.0 Å². The van der Waals surface area contributed by atoms with E-state index in [2.05, 4.69) is 0 Å². The molecule has 0 aliphatic rings. The third-order valence-corrected chi connectivity index (χ3v) is 5.69. The Morgan fingerprint density at radius 3 is 2.21 bits per heavy atom. The molecule has 3 nitrogen and oxygen atoms in total. The van der Waals surface area contributed by atoms with E-state index in [9.17, 15) is 9.90 Å². The molecule has 9 radical (unpaired) electrons. The highest BCUT2D eigenvalue weighted by molar-refractivity contribution is 7.30. The van der Waals surface area contributed by atoms with Crippen molar-refractivity contribution in [3.8, 4) is 5.75 Å². The average Bonchev–Trinajstić information content (AvgIpc) is 2.62. The molecule has 139 valence electrons. The van der Waals surface area contributed by atoms with Gasteiger partial charge in [-0.2, -0.15) is 0 Å². The number of methoxy groups -OCH3 is 1. The number of aromatic hydroxyl groups is 1. The van der Waals surface area contributed by atoms with Crippen LogP contribution in [0.4, 0.5) is 0 Å². The molecule has 0 aliphatic heterocycles. The molecule has 0 saturated carbocycles. The molecule has 1 rings (SSSR count). The van der Waals surface area contributed by atoms with E-state index in [1.165, 1.54) is 7.11 Å². The van der Waals surface area contributed by atoms with Crippen LogP contribution in [-0.2, 0) is 16.0 Å². The van der Waals surface area contributed by atoms with Crippen LogP contribution in [0, 0.1) is 0 Å². The third kappa shape index (κ3) is 7.04. The number of hydrogen-bond donors (Lipinski definition) is 1. The maximum absolute atomic E-state index is 12.2. The van der Waals surface area contributed by atoms with Crippen molar-refractivity contribution in [1.82, 2.24) is 0 Å². The Morgan fingerprint density at radius 2 is 1.79 bits per heavy atom. The Morgan fingerprint density at radius 1 is 1.21 bits per heavy atom. The molecule has 0 aliphatic carbocycles. The predicted molar refractivity (Wildman–Crippen MR) is 122 cm³/mol. The molecule has 1 aromatic carbocycles. The van der Waals surface area contributed by atoms with Gasteiger partial charge in [-0.1, -0.05) is 68.1 Å². The maximum Gasteiger partial charge on any atom is 0.305 e. The number of carbonyl (C=O) groups is 1. The highest BCUT2D eigenvalue weighted by Crippen LogP contribution is 2.55. The van der Waals surface area contributed by atoms with Crippen LogP contribution in [0.5, 0.6) is 5.75 Å². The Hall–Kier alpha value is -1.12. The van der Waals surface area contributed by atoms with E-state index in [4.69, 9.17) is 35.8 Å². The van der Waals surface area contributed by atoms with E-state index in [-0.39, 0.29) is 18.1 Å². The van der Waals surface area contributed by atoms with Crippen molar-refractivity contribution < 1.29 is 14.6 Å². The molecule has 0 fully saturated rings. The molecule has 0 heterocycles. The summed E-state index contributed by atoms with van der Waals surface area (Å²) in [5.41, 5.74) is 1.00. The molecule has 1 aromatic rings. The van der Waals surface area contributed by atoms with E-state index >= 15 is 0 Å². The number of hydrogen-bond acceptors (Lipinski definition) is 3. The van der Waals surface area contributed by atoms with Gasteiger partial charge in [0.05, 0.1) is 28.6 Å². The van der Waals surface area contributed by atoms with Gasteiger partial charge in [-0.25, -0.2) is 0 Å². The minimum atomic E-state index is -0.713. The van der Waals surface area contributed by atoms with Crippen molar-refractivity contribution in [2.24, 2.45) is 0 Å². The van der Waals surface area contributed by atoms with Crippen LogP contribution in [0.3, 0.4) is 0 Å². The van der Waals surface area contributed by atoms with Gasteiger partial charge in [0.15, 0.2) is 0 Å². The molecule has 0 amide bonds. The number of ether oxygens (including phenoxy) is 1. The van der Waals surface area contributed by atoms with Gasteiger partial charge in [-0.05, 0) is 24.1 Å². The molecular weight excluding hydrogens is 341 g/mol. The minimum absolute atomic E-state index is 0.102. The van der Waals surface area contributed by atoms with Gasteiger partial charge in [0, 0.05) is 29.6 Å². The molecule has 9 heteroatoms. The lowest BCUT2D eigenvalue weighted by atomic mass is 9.09. The summed E-state index contributed by atoms with van der Waals surface area (Å²) in [5.74, 6) is -0.150. The van der Waals surface area contributed by atoms with Crippen molar-refractivity contribution in [1.29, 1.82) is 0 Å². The van der Waals surface area contributed by atoms with Crippen LogP contribution in [-0.4, -0.2) is 62.9 Å². The van der Waals surface area contributed by atoms with Crippen molar-refractivity contribution in [3.05, 3.63) is 29.8 Å². The summed E-state index contributed by atoms with van der Waals surface area (Å²) in [6.45, 7) is 5.35. The fraction of sp³-hybridized carbons (Fsp3) is 0.632. The number of phenolic OH excluding ortho intramolecular Hbond substituents is 1. The third-order valence-electron chi connectivity index (χ3n) is 5.69. The largest absolute Gasteiger partial charge is 0.508 e. The molecule has 28 heavy (non-hydrogen) atoms. The number of rotatable bonds is 11. The van der Waals surface area contributed by atoms with Crippen molar-refractivity contribution in [3.63, 3.8) is 0 Å². The molecular formula is C19H27B6O3. The first-order valence-electron chi connectivity index (χ1n) is 9.62. The van der Waals surface area contributed by atoms with Gasteiger partial charge in [0.25, 0.3) is 0 Å². The Labute approximate surface area is 177 Å². The smallest absolute Gasteiger partial charge is 0.305 e. The first kappa shape index (κ1) is 24.9. The molecule has 0 bridgehead atoms. The lowest BCUT2D eigenvalue weighted by Gasteiger charge is -2.47. The van der Waals surface area contributed by atoms with E-state index in [0.717, 1.165) is 5.56 Å². The second kappa shape index (κ2) is 10.1. The van der Waals surface area contributed by atoms with E-state index in [1.54, 1.807) is 19.3 Å². The molecule has 0 spiro atoms. The summed E-state index contributed by atoms with van der Waals surface area (Å²) >= 11 is 0. The first-order valence-corrected chi connectivity index (χ1v) is 9.62. The van der Waals surface area contributed by atoms with Crippen molar-refractivity contribution >= 4 is 50.7 Å². The summed E-state index contributed by atoms with van der Waals surface area (Å²) in [7, 11) is 27.8. The quantitative estimate of drug-likeness (QED) is 0.482. The standard InChI is InChI=1S/C19H27B6O3/c1-5-18(20,10-14-6-8-15(26)9-7-14)13-19(24-21,11-16(27)28-4)12-17(2,3)25(22)23/h6-9,26H,5,10-13H2,1-4H3. The van der Waals surface area contributed by atoms with Crippen LogP contribution >= 0.6 is 0 Å². The summed E-state index contributed by atoms with van der Waals surface area (Å²) in [4.78, 5) is 12.2. The topological polar surface area (TPSA) is 46.5 Å². The highest BCUT2D eigenvalue weighted by atomic mass is 16.5. The molecule has 0 aromatic heterocycles. The Balaban J connectivity index is 3.21. The zero-order chi connectivity index (χ0) is 21.6. The number of phenols is 1. The van der Waals surface area contributed by atoms with Gasteiger partial charge in [-0.15, -0.1) is 0 Å². The van der Waals surface area contributed by atoms with Crippen LogP contribution in [0.2, 0.25) is 15.9 Å². The molecule has 2 unspecified atom stereocenters. The summed E-state index contributed by atoms with van der Waals surface area (Å²) in [6, 6.07) is 6.97. The normalized spacial score (nSPS) is 15.9. The SMILES string of the molecule is [B][B]C(CC(=O)OC)(CC([B])(CC)Cc1ccc(O)cc1)CC(C)(C)B([B])[B]. The molecule has 0 saturated heterocycles. The highest BCUT2D eigenvalue weighted by Gasteiger charge is 2.42. The van der Waals surface area contributed by atoms with Gasteiger partial charge in [-0.3, -0.25) is 4.79 Å². The summed E-state index contributed by atoms with van der Waals surface area (Å²) in [5, 5.41) is 7.73. The molecule has 1 N–H and O–H groups in total. The molecule has 2 atom stereocenters. The van der Waals surface area contributed by atoms with Crippen LogP contribution in [0.15, 0.2) is 24.3 Å². The van der Waals surface area contributed by atoms with Crippen molar-refractivity contribution in [2.45, 2.75) is 68.8 Å². The lowest BCUT2D eigenvalue weighted by molar-refractivity contribution is -0.141. The minimum Gasteiger partial charge on any atom is -0.508 e. The fourth-order valence-corrected chi connectivity index (χ4v) is 3.78. The second-order valence-corrected chi connectivity index (χ2v) is 8.71. The maximum atomic E-state index is 12.2. The van der Waals surface area contributed by atoms with Gasteiger partial charge in [0.2, 0.25) is 0 Å². The number of esters is 1. The van der Waals surface area contributed by atoms with Gasteiger partial charge < -0.3 is 9.84 Å². The van der Waals surface area contributed by atoms with Gasteiger partial charge in [0.1, 0.15) is 5.75 Å². The average molecular weight is 368 g/mol. The summed E-state index contributed by atoms with van der Waals surface area (Å²) < 4.78 is 4.92.